The van der Waals surface area contributed by atoms with Crippen molar-refractivity contribution < 1.29 is 14.6 Å². The minimum atomic E-state index is -0.685. The van der Waals surface area contributed by atoms with Gasteiger partial charge in [-0.1, -0.05) is 0 Å². The van der Waals surface area contributed by atoms with Gasteiger partial charge in [-0.15, -0.1) is 0 Å². The SMILES string of the molecule is COC1(c2nc(O)c(Br)c(=O)[nH]2)CCOCC1. The van der Waals surface area contributed by atoms with Gasteiger partial charge in [0.05, 0.1) is 0 Å². The van der Waals surface area contributed by atoms with E-state index in [1.54, 1.807) is 7.11 Å². The molecule has 0 saturated carbocycles. The van der Waals surface area contributed by atoms with Crippen molar-refractivity contribution >= 4 is 15.9 Å². The van der Waals surface area contributed by atoms with Crippen molar-refractivity contribution in [2.24, 2.45) is 0 Å². The molecule has 2 heterocycles. The molecular weight excluding hydrogens is 292 g/mol. The van der Waals surface area contributed by atoms with Crippen LogP contribution in [0.4, 0.5) is 0 Å². The van der Waals surface area contributed by atoms with Crippen LogP contribution in [0.3, 0.4) is 0 Å². The molecule has 0 spiro atoms. The smallest absolute Gasteiger partial charge is 0.269 e. The Bertz CT molecular complexity index is 468. The van der Waals surface area contributed by atoms with E-state index in [0.717, 1.165) is 0 Å². The number of nitrogens with zero attached hydrogens (tertiary/aromatic N) is 1. The molecule has 94 valence electrons. The minimum absolute atomic E-state index is 0.0274. The van der Waals surface area contributed by atoms with E-state index in [1.807, 2.05) is 0 Å². The Morgan fingerprint density at radius 2 is 2.18 bits per heavy atom. The van der Waals surface area contributed by atoms with Gasteiger partial charge in [-0.25, -0.2) is 0 Å². The molecule has 1 aromatic rings. The van der Waals surface area contributed by atoms with E-state index in [-0.39, 0.29) is 10.4 Å². The number of aromatic amines is 1. The van der Waals surface area contributed by atoms with Gasteiger partial charge >= 0.3 is 0 Å². The van der Waals surface area contributed by atoms with Gasteiger partial charge in [-0.05, 0) is 15.9 Å². The second kappa shape index (κ2) is 4.75. The summed E-state index contributed by atoms with van der Waals surface area (Å²) in [6.45, 7) is 1.07. The van der Waals surface area contributed by atoms with Crippen LogP contribution in [0.1, 0.15) is 18.7 Å². The number of aromatic nitrogens is 2. The van der Waals surface area contributed by atoms with E-state index in [4.69, 9.17) is 9.47 Å². The molecule has 1 aliphatic heterocycles. The summed E-state index contributed by atoms with van der Waals surface area (Å²) in [6, 6.07) is 0. The van der Waals surface area contributed by atoms with E-state index >= 15 is 0 Å². The third kappa shape index (κ3) is 2.22. The summed E-state index contributed by atoms with van der Waals surface area (Å²) < 4.78 is 10.8. The van der Waals surface area contributed by atoms with Gasteiger partial charge in [0.2, 0.25) is 5.88 Å². The molecule has 6 nitrogen and oxygen atoms in total. The van der Waals surface area contributed by atoms with Crippen molar-refractivity contribution in [3.8, 4) is 5.88 Å². The molecule has 1 aliphatic rings. The van der Waals surface area contributed by atoms with E-state index < -0.39 is 11.2 Å². The number of nitrogens with one attached hydrogen (secondary N) is 1. The maximum atomic E-state index is 11.6. The highest BCUT2D eigenvalue weighted by Crippen LogP contribution is 2.33. The Kier molecular flexibility index (Phi) is 3.50. The number of methoxy groups -OCH3 is 1. The molecule has 1 saturated heterocycles. The first kappa shape index (κ1) is 12.5. The largest absolute Gasteiger partial charge is 0.492 e. The Balaban J connectivity index is 2.47. The van der Waals surface area contributed by atoms with Gasteiger partial charge in [0.25, 0.3) is 5.56 Å². The number of hydrogen-bond donors (Lipinski definition) is 2. The predicted molar refractivity (Wildman–Crippen MR) is 63.0 cm³/mol. The summed E-state index contributed by atoms with van der Waals surface area (Å²) in [5.41, 5.74) is -1.11. The van der Waals surface area contributed by atoms with Crippen molar-refractivity contribution in [3.63, 3.8) is 0 Å². The van der Waals surface area contributed by atoms with Gasteiger partial charge in [0.15, 0.2) is 0 Å². The van der Waals surface area contributed by atoms with Crippen LogP contribution < -0.4 is 5.56 Å². The number of rotatable bonds is 2. The van der Waals surface area contributed by atoms with Crippen molar-refractivity contribution in [2.75, 3.05) is 20.3 Å². The highest BCUT2D eigenvalue weighted by Gasteiger charge is 2.37. The summed E-state index contributed by atoms with van der Waals surface area (Å²) in [5.74, 6) is 0.0145. The Morgan fingerprint density at radius 1 is 1.53 bits per heavy atom. The zero-order valence-electron chi connectivity index (χ0n) is 9.33. The molecule has 17 heavy (non-hydrogen) atoms. The molecule has 0 aliphatic carbocycles. The summed E-state index contributed by atoms with van der Waals surface area (Å²) in [4.78, 5) is 18.2. The van der Waals surface area contributed by atoms with Gasteiger partial charge < -0.3 is 19.6 Å². The molecule has 7 heteroatoms. The van der Waals surface area contributed by atoms with E-state index in [2.05, 4.69) is 25.9 Å². The van der Waals surface area contributed by atoms with Crippen LogP contribution in [-0.4, -0.2) is 35.4 Å². The minimum Gasteiger partial charge on any atom is -0.492 e. The van der Waals surface area contributed by atoms with Crippen molar-refractivity contribution in [1.82, 2.24) is 9.97 Å². The lowest BCUT2D eigenvalue weighted by Gasteiger charge is -2.34. The van der Waals surface area contributed by atoms with Crippen LogP contribution in [0.5, 0.6) is 5.88 Å². The van der Waals surface area contributed by atoms with E-state index in [9.17, 15) is 9.90 Å². The highest BCUT2D eigenvalue weighted by molar-refractivity contribution is 9.10. The normalized spacial score (nSPS) is 19.2. The predicted octanol–water partition coefficient (Wildman–Crippen LogP) is 0.890. The third-order valence-electron chi connectivity index (χ3n) is 2.97. The Hall–Kier alpha value is -0.920. The van der Waals surface area contributed by atoms with Gasteiger partial charge in [-0.2, -0.15) is 4.98 Å². The van der Waals surface area contributed by atoms with Crippen molar-refractivity contribution in [3.05, 3.63) is 20.7 Å². The fourth-order valence-electron chi connectivity index (χ4n) is 1.90. The van der Waals surface area contributed by atoms with Crippen molar-refractivity contribution in [2.45, 2.75) is 18.4 Å². The molecule has 2 N–H and O–H groups in total. The average Bonchev–Trinajstić information content (AvgIpc) is 2.36. The second-order valence-electron chi connectivity index (χ2n) is 3.86. The lowest BCUT2D eigenvalue weighted by Crippen LogP contribution is -2.38. The first-order valence-electron chi connectivity index (χ1n) is 5.21. The molecule has 0 amide bonds. The fraction of sp³-hybridized carbons (Fsp3) is 0.600. The lowest BCUT2D eigenvalue weighted by molar-refractivity contribution is -0.100. The fourth-order valence-corrected chi connectivity index (χ4v) is 2.09. The average molecular weight is 305 g/mol. The summed E-state index contributed by atoms with van der Waals surface area (Å²) in [7, 11) is 1.56. The molecule has 0 atom stereocenters. The van der Waals surface area contributed by atoms with Crippen LogP contribution >= 0.6 is 15.9 Å². The topological polar surface area (TPSA) is 84.4 Å². The van der Waals surface area contributed by atoms with Gasteiger partial charge in [0.1, 0.15) is 15.9 Å². The number of halogens is 1. The summed E-state index contributed by atoms with van der Waals surface area (Å²) >= 11 is 2.96. The Labute approximate surface area is 106 Å². The molecule has 0 unspecified atom stereocenters. The van der Waals surface area contributed by atoms with Crippen LogP contribution in [-0.2, 0) is 15.1 Å². The number of H-pyrrole nitrogens is 1. The second-order valence-corrected chi connectivity index (χ2v) is 4.66. The first-order chi connectivity index (χ1) is 8.09. The number of ether oxygens (including phenoxy) is 2. The van der Waals surface area contributed by atoms with E-state index in [1.165, 1.54) is 0 Å². The zero-order chi connectivity index (χ0) is 12.5. The van der Waals surface area contributed by atoms with Crippen molar-refractivity contribution in [1.29, 1.82) is 0 Å². The molecular formula is C10H13BrN2O4. The van der Waals surface area contributed by atoms with E-state index in [0.29, 0.717) is 31.9 Å². The summed E-state index contributed by atoms with van der Waals surface area (Å²) in [5, 5.41) is 9.56. The number of hydrogen-bond acceptors (Lipinski definition) is 5. The van der Waals surface area contributed by atoms with Crippen LogP contribution in [0, 0.1) is 0 Å². The third-order valence-corrected chi connectivity index (χ3v) is 3.68. The monoisotopic (exact) mass is 304 g/mol. The van der Waals surface area contributed by atoms with Crippen LogP contribution in [0.2, 0.25) is 0 Å². The maximum Gasteiger partial charge on any atom is 0.269 e. The first-order valence-corrected chi connectivity index (χ1v) is 6.00. The molecule has 1 aromatic heterocycles. The van der Waals surface area contributed by atoms with Gasteiger partial charge in [-0.3, -0.25) is 4.79 Å². The molecule has 0 radical (unpaired) electrons. The standard InChI is InChI=1S/C10H13BrN2O4/c1-16-10(2-4-17-5-3-10)9-12-7(14)6(11)8(15)13-9/h2-5H2,1H3,(H2,12,13,14,15). The molecule has 1 fully saturated rings. The van der Waals surface area contributed by atoms with Crippen LogP contribution in [0.15, 0.2) is 9.27 Å². The quantitative estimate of drug-likeness (QED) is 0.847. The maximum absolute atomic E-state index is 11.6. The van der Waals surface area contributed by atoms with Gasteiger partial charge in [0, 0.05) is 33.2 Å². The lowest BCUT2D eigenvalue weighted by atomic mass is 9.93. The molecule has 0 bridgehead atoms. The highest BCUT2D eigenvalue weighted by atomic mass is 79.9. The summed E-state index contributed by atoms with van der Waals surface area (Å²) in [6.07, 6.45) is 1.18. The molecule has 2 rings (SSSR count). The number of aromatic hydroxyl groups is 1. The van der Waals surface area contributed by atoms with Crippen LogP contribution in [0.25, 0.3) is 0 Å². The molecule has 0 aromatic carbocycles. The zero-order valence-corrected chi connectivity index (χ0v) is 10.9. The Morgan fingerprint density at radius 3 is 2.71 bits per heavy atom.